The van der Waals surface area contributed by atoms with Gasteiger partial charge in [0.2, 0.25) is 0 Å². The lowest BCUT2D eigenvalue weighted by molar-refractivity contribution is 0.0756. The van der Waals surface area contributed by atoms with Gasteiger partial charge in [0, 0.05) is 23.2 Å². The molecule has 0 radical (unpaired) electrons. The minimum Gasteiger partial charge on any atom is -0.506 e. The molecule has 2 aromatic carbocycles. The molecule has 0 aliphatic carbocycles. The van der Waals surface area contributed by atoms with E-state index in [2.05, 4.69) is 30.7 Å². The van der Waals surface area contributed by atoms with Crippen LogP contribution in [0.2, 0.25) is 0 Å². The number of nitrogens with one attached hydrogen (secondary N) is 1. The standard InChI is InChI=1S/C29H28FN3O4/c1-4-14-36-18-11-12-19(20(30)15-18)26-27-22(16-29(2,3)17-37-27)32-25-23(9-7-10-24(25)34)33(26)28(35)21-8-5-6-13-31-21/h4-13,15,26,32,34H,1,14,16-17H2,2-3H3. The number of anilines is 2. The second kappa shape index (κ2) is 9.61. The monoisotopic (exact) mass is 501 g/mol. The molecule has 0 saturated heterocycles. The Hall–Kier alpha value is -4.33. The number of aromatic nitrogens is 1. The highest BCUT2D eigenvalue weighted by molar-refractivity contribution is 6.08. The number of pyridine rings is 1. The SMILES string of the molecule is C=CCOc1ccc(C2C3=C(CC(C)(C)CO3)Nc3c(O)cccc3N2C(=O)c2ccccn2)c(F)c1. The number of para-hydroxylation sites is 1. The topological polar surface area (TPSA) is 83.9 Å². The molecule has 2 N–H and O–H groups in total. The van der Waals surface area contributed by atoms with E-state index in [0.29, 0.717) is 41.6 Å². The Labute approximate surface area is 214 Å². The molecular weight excluding hydrogens is 473 g/mol. The molecule has 3 heterocycles. The fraction of sp³-hybridized carbons (Fsp3) is 0.241. The van der Waals surface area contributed by atoms with E-state index in [1.165, 1.54) is 23.2 Å². The van der Waals surface area contributed by atoms with Crippen molar-refractivity contribution in [3.63, 3.8) is 0 Å². The lowest BCUT2D eigenvalue weighted by Crippen LogP contribution is -2.39. The molecule has 1 unspecified atom stereocenters. The van der Waals surface area contributed by atoms with E-state index in [-0.39, 0.29) is 29.0 Å². The second-order valence-corrected chi connectivity index (χ2v) is 9.84. The molecule has 8 heteroatoms. The molecule has 2 aliphatic heterocycles. The minimum atomic E-state index is -0.968. The Morgan fingerprint density at radius 2 is 2.14 bits per heavy atom. The van der Waals surface area contributed by atoms with Gasteiger partial charge in [0.25, 0.3) is 5.91 Å². The minimum absolute atomic E-state index is 0.0409. The smallest absolute Gasteiger partial charge is 0.277 e. The molecule has 1 atom stereocenters. The van der Waals surface area contributed by atoms with E-state index in [4.69, 9.17) is 9.47 Å². The summed E-state index contributed by atoms with van der Waals surface area (Å²) in [6.45, 7) is 8.36. The first kappa shape index (κ1) is 24.4. The fourth-order valence-corrected chi connectivity index (χ4v) is 4.69. The van der Waals surface area contributed by atoms with E-state index in [1.807, 2.05) is 0 Å². The van der Waals surface area contributed by atoms with Crippen LogP contribution in [-0.2, 0) is 4.74 Å². The maximum atomic E-state index is 15.8. The van der Waals surface area contributed by atoms with Gasteiger partial charge >= 0.3 is 0 Å². The third-order valence-corrected chi connectivity index (χ3v) is 6.37. The Balaban J connectivity index is 1.75. The zero-order valence-electron chi connectivity index (χ0n) is 20.7. The lowest BCUT2D eigenvalue weighted by atomic mass is 9.85. The van der Waals surface area contributed by atoms with Gasteiger partial charge in [-0.1, -0.05) is 38.6 Å². The molecule has 2 aliphatic rings. The number of amides is 1. The van der Waals surface area contributed by atoms with Crippen LogP contribution >= 0.6 is 0 Å². The van der Waals surface area contributed by atoms with Crippen molar-refractivity contribution in [2.24, 2.45) is 5.41 Å². The average molecular weight is 502 g/mol. The summed E-state index contributed by atoms with van der Waals surface area (Å²) in [5.74, 6) is -0.311. The first-order chi connectivity index (χ1) is 17.8. The molecule has 0 saturated carbocycles. The number of carbonyl (C=O) groups is 1. The molecule has 0 spiro atoms. The lowest BCUT2D eigenvalue weighted by Gasteiger charge is -2.38. The van der Waals surface area contributed by atoms with Gasteiger partial charge < -0.3 is 19.9 Å². The third-order valence-electron chi connectivity index (χ3n) is 6.37. The number of fused-ring (bicyclic) bond motifs is 1. The van der Waals surface area contributed by atoms with Crippen molar-refractivity contribution in [1.82, 2.24) is 4.98 Å². The number of benzene rings is 2. The van der Waals surface area contributed by atoms with Gasteiger partial charge in [0.05, 0.1) is 18.0 Å². The van der Waals surface area contributed by atoms with Gasteiger partial charge in [0.15, 0.2) is 0 Å². The molecule has 1 aromatic heterocycles. The quantitative estimate of drug-likeness (QED) is 0.331. The number of phenols is 1. The van der Waals surface area contributed by atoms with E-state index in [1.54, 1.807) is 48.5 Å². The molecule has 0 fully saturated rings. The van der Waals surface area contributed by atoms with Crippen molar-refractivity contribution in [2.75, 3.05) is 23.4 Å². The normalized spacial score (nSPS) is 18.0. The number of nitrogens with zero attached hydrogens (tertiary/aromatic N) is 2. The maximum absolute atomic E-state index is 15.8. The van der Waals surface area contributed by atoms with Crippen LogP contribution in [0.25, 0.3) is 0 Å². The zero-order valence-corrected chi connectivity index (χ0v) is 20.7. The predicted molar refractivity (Wildman–Crippen MR) is 139 cm³/mol. The summed E-state index contributed by atoms with van der Waals surface area (Å²) in [6, 6.07) is 13.5. The van der Waals surface area contributed by atoms with Crippen LogP contribution < -0.4 is 15.0 Å². The van der Waals surface area contributed by atoms with Crippen molar-refractivity contribution < 1.29 is 23.8 Å². The second-order valence-electron chi connectivity index (χ2n) is 9.84. The summed E-state index contributed by atoms with van der Waals surface area (Å²) >= 11 is 0. The number of phenolic OH excluding ortho intramolecular Hbond substituents is 1. The highest BCUT2D eigenvalue weighted by atomic mass is 19.1. The van der Waals surface area contributed by atoms with Crippen LogP contribution in [0.3, 0.4) is 0 Å². The van der Waals surface area contributed by atoms with Crippen LogP contribution in [0.15, 0.2) is 84.9 Å². The molecule has 3 aromatic rings. The Morgan fingerprint density at radius 3 is 2.86 bits per heavy atom. The Kier molecular flexibility index (Phi) is 6.33. The van der Waals surface area contributed by atoms with Crippen molar-refractivity contribution in [3.8, 4) is 11.5 Å². The fourth-order valence-electron chi connectivity index (χ4n) is 4.69. The van der Waals surface area contributed by atoms with Crippen molar-refractivity contribution in [2.45, 2.75) is 26.3 Å². The molecule has 1 amide bonds. The highest BCUT2D eigenvalue weighted by Crippen LogP contribution is 2.50. The number of hydrogen-bond donors (Lipinski definition) is 2. The van der Waals surface area contributed by atoms with Gasteiger partial charge in [-0.05, 0) is 42.8 Å². The van der Waals surface area contributed by atoms with Crippen LogP contribution in [0, 0.1) is 11.2 Å². The van der Waals surface area contributed by atoms with Crippen molar-refractivity contribution in [1.29, 1.82) is 0 Å². The molecule has 5 rings (SSSR count). The summed E-state index contributed by atoms with van der Waals surface area (Å²) in [5, 5.41) is 14.1. The van der Waals surface area contributed by atoms with E-state index in [0.717, 1.165) is 0 Å². The average Bonchev–Trinajstić information content (AvgIpc) is 3.02. The summed E-state index contributed by atoms with van der Waals surface area (Å²) in [5.41, 5.74) is 1.57. The number of aromatic hydroxyl groups is 1. The number of hydrogen-bond acceptors (Lipinski definition) is 6. The Bertz CT molecular complexity index is 1390. The molecule has 7 nitrogen and oxygen atoms in total. The summed E-state index contributed by atoms with van der Waals surface area (Å²) in [4.78, 5) is 19.7. The summed E-state index contributed by atoms with van der Waals surface area (Å²) in [6.07, 6.45) is 3.67. The molecular formula is C29H28FN3O4. The summed E-state index contributed by atoms with van der Waals surface area (Å²) in [7, 11) is 0. The van der Waals surface area contributed by atoms with E-state index >= 15 is 4.39 Å². The largest absolute Gasteiger partial charge is 0.506 e. The molecule has 190 valence electrons. The molecule has 37 heavy (non-hydrogen) atoms. The third kappa shape index (κ3) is 4.62. The first-order valence-corrected chi connectivity index (χ1v) is 12.0. The molecule has 0 bridgehead atoms. The number of rotatable bonds is 5. The highest BCUT2D eigenvalue weighted by Gasteiger charge is 2.43. The van der Waals surface area contributed by atoms with Gasteiger partial charge in [-0.3, -0.25) is 14.7 Å². The van der Waals surface area contributed by atoms with Crippen LogP contribution in [0.5, 0.6) is 11.5 Å². The van der Waals surface area contributed by atoms with Gasteiger partial charge in [-0.25, -0.2) is 4.39 Å². The maximum Gasteiger partial charge on any atom is 0.277 e. The van der Waals surface area contributed by atoms with Crippen LogP contribution in [0.4, 0.5) is 15.8 Å². The summed E-state index contributed by atoms with van der Waals surface area (Å²) < 4.78 is 27.6. The zero-order chi connectivity index (χ0) is 26.2. The van der Waals surface area contributed by atoms with E-state index in [9.17, 15) is 9.90 Å². The predicted octanol–water partition coefficient (Wildman–Crippen LogP) is 5.96. The van der Waals surface area contributed by atoms with Gasteiger partial charge in [-0.15, -0.1) is 0 Å². The Morgan fingerprint density at radius 1 is 1.30 bits per heavy atom. The van der Waals surface area contributed by atoms with E-state index < -0.39 is 17.8 Å². The van der Waals surface area contributed by atoms with Crippen molar-refractivity contribution in [3.05, 3.63) is 102 Å². The first-order valence-electron chi connectivity index (χ1n) is 12.0. The van der Waals surface area contributed by atoms with Crippen molar-refractivity contribution >= 4 is 17.3 Å². The number of carbonyl (C=O) groups excluding carboxylic acids is 1. The number of ether oxygens (including phenoxy) is 2. The number of allylic oxidation sites excluding steroid dienone is 1. The van der Waals surface area contributed by atoms with Gasteiger partial charge in [-0.2, -0.15) is 0 Å². The van der Waals surface area contributed by atoms with Crippen LogP contribution in [-0.4, -0.2) is 29.2 Å². The van der Waals surface area contributed by atoms with Gasteiger partial charge in [0.1, 0.15) is 47.1 Å². The van der Waals surface area contributed by atoms with Crippen LogP contribution in [0.1, 0.15) is 42.4 Å². The number of halogens is 1.